The number of alkyl halides is 3. The lowest BCUT2D eigenvalue weighted by Gasteiger charge is -2.37. The monoisotopic (exact) mass is 548 g/mol. The van der Waals surface area contributed by atoms with Gasteiger partial charge in [-0.1, -0.05) is 30.1 Å². The fraction of sp³-hybridized carbons (Fsp3) is 0.364. The lowest BCUT2D eigenvalue weighted by molar-refractivity contribution is -0.138. The first-order valence-corrected chi connectivity index (χ1v) is 12.7. The van der Waals surface area contributed by atoms with Crippen LogP contribution in [0.2, 0.25) is 10.0 Å². The van der Waals surface area contributed by atoms with Crippen LogP contribution in [0.3, 0.4) is 0 Å². The van der Waals surface area contributed by atoms with E-state index in [9.17, 15) is 27.0 Å². The second-order valence-corrected chi connectivity index (χ2v) is 10.8. The molecule has 1 unspecified atom stereocenters. The van der Waals surface area contributed by atoms with Crippen molar-refractivity contribution in [1.82, 2.24) is 14.5 Å². The second-order valence-electron chi connectivity index (χ2n) is 8.30. The molecule has 1 aliphatic rings. The number of fused-ring (bicyclic) bond motifs is 1. The van der Waals surface area contributed by atoms with E-state index in [1.165, 1.54) is 18.2 Å². The summed E-state index contributed by atoms with van der Waals surface area (Å²) in [6, 6.07) is 5.12. The molecule has 1 fully saturated rings. The lowest BCUT2D eigenvalue weighted by atomic mass is 10.0. The number of hydrogen-bond donors (Lipinski definition) is 2. The zero-order valence-electron chi connectivity index (χ0n) is 18.4. The minimum atomic E-state index is -4.79. The third-order valence-corrected chi connectivity index (χ3v) is 7.92. The van der Waals surface area contributed by atoms with Gasteiger partial charge in [0.1, 0.15) is 0 Å². The first-order valence-electron chi connectivity index (χ1n) is 10.6. The largest absolute Gasteiger partial charge is 0.416 e. The van der Waals surface area contributed by atoms with Crippen LogP contribution in [-0.2, 0) is 30.1 Å². The molecular formula is C22H21Cl2F3N4O3S. The number of hydrogen-bond acceptors (Lipinski definition) is 5. The minimum absolute atomic E-state index is 0.128. The Balaban J connectivity index is 1.89. The van der Waals surface area contributed by atoms with Crippen molar-refractivity contribution in [2.24, 2.45) is 5.73 Å². The van der Waals surface area contributed by atoms with Crippen LogP contribution >= 0.6 is 23.2 Å². The van der Waals surface area contributed by atoms with E-state index in [-0.39, 0.29) is 46.4 Å². The van der Waals surface area contributed by atoms with Gasteiger partial charge in [0.05, 0.1) is 38.8 Å². The molecule has 3 N–H and O–H groups in total. The van der Waals surface area contributed by atoms with Gasteiger partial charge in [-0.2, -0.15) is 13.2 Å². The molecule has 1 aromatic heterocycles. The summed E-state index contributed by atoms with van der Waals surface area (Å²) in [4.78, 5) is 30.6. The smallest absolute Gasteiger partial charge is 0.325 e. The van der Waals surface area contributed by atoms with Crippen molar-refractivity contribution < 1.29 is 17.4 Å². The molecule has 1 saturated heterocycles. The van der Waals surface area contributed by atoms with Crippen molar-refractivity contribution in [3.8, 4) is 0 Å². The summed E-state index contributed by atoms with van der Waals surface area (Å²) in [5.41, 5.74) is 2.79. The molecular weight excluding hydrogens is 528 g/mol. The maximum absolute atomic E-state index is 14.0. The number of H-pyrrole nitrogens is 1. The molecule has 13 heteroatoms. The standard InChI is InChI=1S/C22H21Cl2F3N4O3S/c1-2-35(34)17-4-3-12(23)5-11(17)7-31-20(32)14-6-16(22(25,26)27)15(10-30-8-13(28)9-30)18(24)19(14)29-21(31)33/h3-6,13H,2,7-10,28H2,1H3,(H,29,33). The number of likely N-dealkylation sites (tertiary alicyclic amines) is 1. The van der Waals surface area contributed by atoms with E-state index in [4.69, 9.17) is 28.9 Å². The van der Waals surface area contributed by atoms with Crippen molar-refractivity contribution in [2.45, 2.75) is 37.1 Å². The van der Waals surface area contributed by atoms with Gasteiger partial charge < -0.3 is 10.7 Å². The molecule has 2 heterocycles. The molecule has 0 bridgehead atoms. The van der Waals surface area contributed by atoms with Crippen LogP contribution in [0, 0.1) is 0 Å². The average molecular weight is 549 g/mol. The molecule has 4 rings (SSSR count). The number of rotatable bonds is 6. The van der Waals surface area contributed by atoms with E-state index >= 15 is 0 Å². The van der Waals surface area contributed by atoms with E-state index in [0.717, 1.165) is 4.57 Å². The third-order valence-electron chi connectivity index (χ3n) is 5.85. The van der Waals surface area contributed by atoms with Crippen LogP contribution in [0.4, 0.5) is 13.2 Å². The zero-order chi connectivity index (χ0) is 25.7. The molecule has 0 spiro atoms. The van der Waals surface area contributed by atoms with Gasteiger partial charge >= 0.3 is 11.9 Å². The van der Waals surface area contributed by atoms with Gasteiger partial charge in [0.2, 0.25) is 0 Å². The SMILES string of the molecule is CCS(=O)c1ccc(Cl)cc1Cn1c(=O)[nH]c2c(Cl)c(CN3CC(N)C3)c(C(F)(F)F)cc2c1=O. The van der Waals surface area contributed by atoms with Crippen LogP contribution in [0.15, 0.2) is 38.8 Å². The Bertz CT molecular complexity index is 1450. The van der Waals surface area contributed by atoms with Gasteiger partial charge in [0.25, 0.3) is 5.56 Å². The van der Waals surface area contributed by atoms with Gasteiger partial charge in [-0.25, -0.2) is 4.79 Å². The number of halogens is 5. The molecule has 188 valence electrons. The minimum Gasteiger partial charge on any atom is -0.325 e. The first-order chi connectivity index (χ1) is 16.4. The van der Waals surface area contributed by atoms with E-state index in [2.05, 4.69) is 4.98 Å². The van der Waals surface area contributed by atoms with Crippen LogP contribution in [-0.4, -0.2) is 43.5 Å². The highest BCUT2D eigenvalue weighted by Crippen LogP contribution is 2.39. The number of nitrogens with two attached hydrogens (primary N) is 1. The summed E-state index contributed by atoms with van der Waals surface area (Å²) in [6.45, 7) is 2.06. The highest BCUT2D eigenvalue weighted by molar-refractivity contribution is 7.85. The molecule has 0 radical (unpaired) electrons. The van der Waals surface area contributed by atoms with Crippen molar-refractivity contribution in [3.63, 3.8) is 0 Å². The normalized spacial score (nSPS) is 16.0. The predicted molar refractivity (Wildman–Crippen MR) is 130 cm³/mol. The van der Waals surface area contributed by atoms with Crippen molar-refractivity contribution in [1.29, 1.82) is 0 Å². The van der Waals surface area contributed by atoms with Gasteiger partial charge in [-0.3, -0.25) is 18.5 Å². The Kier molecular flexibility index (Phi) is 7.18. The third kappa shape index (κ3) is 5.05. The average Bonchev–Trinajstić information content (AvgIpc) is 2.76. The number of benzene rings is 2. The fourth-order valence-corrected chi connectivity index (χ4v) is 5.58. The Morgan fingerprint density at radius 2 is 1.86 bits per heavy atom. The van der Waals surface area contributed by atoms with Crippen molar-refractivity contribution >= 4 is 44.9 Å². The van der Waals surface area contributed by atoms with Crippen LogP contribution in [0.25, 0.3) is 10.9 Å². The Labute approximate surface area is 210 Å². The van der Waals surface area contributed by atoms with Gasteiger partial charge in [0, 0.05) is 41.3 Å². The Hall–Kier alpha value is -2.18. The molecule has 0 aliphatic carbocycles. The second kappa shape index (κ2) is 9.70. The highest BCUT2D eigenvalue weighted by Gasteiger charge is 2.37. The molecule has 2 aromatic carbocycles. The first kappa shape index (κ1) is 25.9. The maximum Gasteiger partial charge on any atom is 0.416 e. The zero-order valence-corrected chi connectivity index (χ0v) is 20.7. The number of aromatic nitrogens is 2. The molecule has 1 aliphatic heterocycles. The molecule has 0 amide bonds. The molecule has 35 heavy (non-hydrogen) atoms. The summed E-state index contributed by atoms with van der Waals surface area (Å²) < 4.78 is 55.1. The summed E-state index contributed by atoms with van der Waals surface area (Å²) >= 11 is 12.4. The Morgan fingerprint density at radius 1 is 1.17 bits per heavy atom. The maximum atomic E-state index is 14.0. The quantitative estimate of drug-likeness (QED) is 0.492. The topological polar surface area (TPSA) is 101 Å². The van der Waals surface area contributed by atoms with Crippen LogP contribution in [0.5, 0.6) is 0 Å². The Morgan fingerprint density at radius 3 is 2.46 bits per heavy atom. The van der Waals surface area contributed by atoms with Crippen LogP contribution in [0.1, 0.15) is 23.6 Å². The summed E-state index contributed by atoms with van der Waals surface area (Å²) in [7, 11) is -1.42. The summed E-state index contributed by atoms with van der Waals surface area (Å²) in [6.07, 6.45) is -4.79. The number of nitrogens with zero attached hydrogens (tertiary/aromatic N) is 2. The lowest BCUT2D eigenvalue weighted by Crippen LogP contribution is -2.55. The molecule has 1 atom stereocenters. The molecule has 0 saturated carbocycles. The van der Waals surface area contributed by atoms with Gasteiger partial charge in [0.15, 0.2) is 0 Å². The highest BCUT2D eigenvalue weighted by atomic mass is 35.5. The van der Waals surface area contributed by atoms with E-state index in [0.29, 0.717) is 34.6 Å². The van der Waals surface area contributed by atoms with Crippen molar-refractivity contribution in [2.75, 3.05) is 18.8 Å². The van der Waals surface area contributed by atoms with E-state index in [1.54, 1.807) is 11.8 Å². The number of aromatic amines is 1. The molecule has 3 aromatic rings. The predicted octanol–water partition coefficient (Wildman–Crippen LogP) is 3.33. The van der Waals surface area contributed by atoms with Crippen LogP contribution < -0.4 is 17.0 Å². The van der Waals surface area contributed by atoms with E-state index in [1.807, 2.05) is 0 Å². The summed E-state index contributed by atoms with van der Waals surface area (Å²) in [5.74, 6) is 0.285. The summed E-state index contributed by atoms with van der Waals surface area (Å²) in [5, 5.41) is -0.432. The van der Waals surface area contributed by atoms with Crippen molar-refractivity contribution in [3.05, 3.63) is 71.8 Å². The molecule has 7 nitrogen and oxygen atoms in total. The van der Waals surface area contributed by atoms with Gasteiger partial charge in [-0.15, -0.1) is 0 Å². The number of nitrogens with one attached hydrogen (secondary N) is 1. The van der Waals surface area contributed by atoms with E-state index < -0.39 is 33.8 Å². The fourth-order valence-electron chi connectivity index (χ4n) is 4.13. The van der Waals surface area contributed by atoms with Gasteiger partial charge in [-0.05, 0) is 35.4 Å².